The smallest absolute Gasteiger partial charge is 0.294 e. The molecule has 3 aromatic carbocycles. The van der Waals surface area contributed by atoms with Crippen LogP contribution in [0.1, 0.15) is 5.56 Å². The van der Waals surface area contributed by atoms with Gasteiger partial charge in [0, 0.05) is 17.6 Å². The SMILES string of the molecule is O=[N+]([O-])c1ccc(Oc2ccccc2)c(Cl)c1NCc1ccc(Cl)cc1. The van der Waals surface area contributed by atoms with Gasteiger partial charge in [0.05, 0.1) is 4.92 Å². The lowest BCUT2D eigenvalue weighted by Gasteiger charge is -2.13. The molecule has 0 aliphatic carbocycles. The second-order valence-corrected chi connectivity index (χ2v) is 6.24. The van der Waals surface area contributed by atoms with Crippen molar-refractivity contribution in [2.24, 2.45) is 0 Å². The summed E-state index contributed by atoms with van der Waals surface area (Å²) in [4.78, 5) is 10.9. The van der Waals surface area contributed by atoms with Crippen molar-refractivity contribution in [2.75, 3.05) is 5.32 Å². The topological polar surface area (TPSA) is 64.4 Å². The molecule has 0 bridgehead atoms. The molecular weight excluding hydrogens is 375 g/mol. The van der Waals surface area contributed by atoms with Crippen molar-refractivity contribution in [2.45, 2.75) is 6.54 Å². The Labute approximate surface area is 160 Å². The molecule has 0 atom stereocenters. The summed E-state index contributed by atoms with van der Waals surface area (Å²) in [6.07, 6.45) is 0. The number of ether oxygens (including phenoxy) is 1. The van der Waals surface area contributed by atoms with Crippen molar-refractivity contribution in [3.63, 3.8) is 0 Å². The molecule has 1 N–H and O–H groups in total. The van der Waals surface area contributed by atoms with E-state index in [9.17, 15) is 10.1 Å². The molecule has 0 unspecified atom stereocenters. The number of rotatable bonds is 6. The molecule has 3 rings (SSSR count). The highest BCUT2D eigenvalue weighted by molar-refractivity contribution is 6.35. The van der Waals surface area contributed by atoms with Gasteiger partial charge in [-0.15, -0.1) is 0 Å². The highest BCUT2D eigenvalue weighted by Gasteiger charge is 2.21. The van der Waals surface area contributed by atoms with E-state index in [1.807, 2.05) is 30.3 Å². The highest BCUT2D eigenvalue weighted by Crippen LogP contribution is 2.41. The minimum Gasteiger partial charge on any atom is -0.456 e. The van der Waals surface area contributed by atoms with Crippen LogP contribution in [0.15, 0.2) is 66.7 Å². The minimum absolute atomic E-state index is 0.121. The summed E-state index contributed by atoms with van der Waals surface area (Å²) < 4.78 is 5.74. The fourth-order valence-electron chi connectivity index (χ4n) is 2.35. The van der Waals surface area contributed by atoms with E-state index in [1.165, 1.54) is 12.1 Å². The number of hydrogen-bond donors (Lipinski definition) is 1. The van der Waals surface area contributed by atoms with E-state index in [2.05, 4.69) is 5.32 Å². The van der Waals surface area contributed by atoms with Gasteiger partial charge in [0.1, 0.15) is 22.2 Å². The van der Waals surface area contributed by atoms with E-state index in [-0.39, 0.29) is 16.4 Å². The quantitative estimate of drug-likeness (QED) is 0.397. The first-order valence-corrected chi connectivity index (χ1v) is 8.48. The monoisotopic (exact) mass is 388 g/mol. The Hall–Kier alpha value is -2.76. The van der Waals surface area contributed by atoms with Gasteiger partial charge >= 0.3 is 0 Å². The lowest BCUT2D eigenvalue weighted by molar-refractivity contribution is -0.384. The number of benzene rings is 3. The van der Waals surface area contributed by atoms with Crippen molar-refractivity contribution in [3.8, 4) is 11.5 Å². The first-order chi connectivity index (χ1) is 12.5. The summed E-state index contributed by atoms with van der Waals surface area (Å²) in [5, 5.41) is 15.1. The number of nitro groups is 1. The van der Waals surface area contributed by atoms with Crippen LogP contribution in [0, 0.1) is 10.1 Å². The molecule has 0 saturated carbocycles. The van der Waals surface area contributed by atoms with E-state index < -0.39 is 4.92 Å². The van der Waals surface area contributed by atoms with Crippen LogP contribution >= 0.6 is 23.2 Å². The number of para-hydroxylation sites is 1. The first kappa shape index (κ1) is 18.0. The largest absolute Gasteiger partial charge is 0.456 e. The molecule has 5 nitrogen and oxygen atoms in total. The summed E-state index contributed by atoms with van der Waals surface area (Å²) in [5.41, 5.74) is 0.999. The molecule has 0 saturated heterocycles. The zero-order valence-corrected chi connectivity index (χ0v) is 15.0. The van der Waals surface area contributed by atoms with E-state index in [0.717, 1.165) is 5.56 Å². The summed E-state index contributed by atoms with van der Waals surface area (Å²) in [6.45, 7) is 0.354. The van der Waals surface area contributed by atoms with Crippen LogP contribution in [0.3, 0.4) is 0 Å². The number of hydrogen-bond acceptors (Lipinski definition) is 4. The van der Waals surface area contributed by atoms with Gasteiger partial charge in [-0.25, -0.2) is 0 Å². The van der Waals surface area contributed by atoms with Gasteiger partial charge in [0.15, 0.2) is 0 Å². The fraction of sp³-hybridized carbons (Fsp3) is 0.0526. The lowest BCUT2D eigenvalue weighted by atomic mass is 10.2. The molecule has 26 heavy (non-hydrogen) atoms. The number of nitrogens with zero attached hydrogens (tertiary/aromatic N) is 1. The maximum atomic E-state index is 11.3. The van der Waals surface area contributed by atoms with Crippen LogP contribution in [-0.2, 0) is 6.54 Å². The van der Waals surface area contributed by atoms with E-state index in [4.69, 9.17) is 27.9 Å². The number of halogens is 2. The predicted molar refractivity (Wildman–Crippen MR) is 103 cm³/mol. The molecule has 3 aromatic rings. The maximum Gasteiger partial charge on any atom is 0.294 e. The van der Waals surface area contributed by atoms with Crippen LogP contribution in [0.5, 0.6) is 11.5 Å². The second kappa shape index (κ2) is 8.08. The Morgan fingerprint density at radius 3 is 2.31 bits per heavy atom. The fourth-order valence-corrected chi connectivity index (χ4v) is 2.75. The standard InChI is InChI=1S/C19H14Cl2N2O3/c20-14-8-6-13(7-9-14)12-22-19-16(23(24)25)10-11-17(18(19)21)26-15-4-2-1-3-5-15/h1-11,22H,12H2. The molecule has 7 heteroatoms. The van der Waals surface area contributed by atoms with Crippen LogP contribution in [0.25, 0.3) is 0 Å². The van der Waals surface area contributed by atoms with Crippen molar-refractivity contribution < 1.29 is 9.66 Å². The predicted octanol–water partition coefficient (Wildman–Crippen LogP) is 6.31. The van der Waals surface area contributed by atoms with Gasteiger partial charge < -0.3 is 10.1 Å². The molecule has 0 amide bonds. The average Bonchev–Trinajstić information content (AvgIpc) is 2.64. The number of anilines is 1. The summed E-state index contributed by atoms with van der Waals surface area (Å²) in [6, 6.07) is 19.1. The summed E-state index contributed by atoms with van der Waals surface area (Å²) in [5.74, 6) is 0.925. The second-order valence-electron chi connectivity index (χ2n) is 5.42. The molecule has 0 fully saturated rings. The molecule has 0 spiro atoms. The van der Waals surface area contributed by atoms with E-state index >= 15 is 0 Å². The Balaban J connectivity index is 1.89. The van der Waals surface area contributed by atoms with E-state index in [0.29, 0.717) is 23.1 Å². The minimum atomic E-state index is -0.484. The van der Waals surface area contributed by atoms with Crippen LogP contribution in [0.2, 0.25) is 10.0 Å². The average molecular weight is 389 g/mol. The van der Waals surface area contributed by atoms with Crippen molar-refractivity contribution in [1.29, 1.82) is 0 Å². The van der Waals surface area contributed by atoms with Crippen molar-refractivity contribution >= 4 is 34.6 Å². The van der Waals surface area contributed by atoms with Crippen LogP contribution < -0.4 is 10.1 Å². The van der Waals surface area contributed by atoms with Gasteiger partial charge in [0.2, 0.25) is 0 Å². The molecule has 0 aromatic heterocycles. The Morgan fingerprint density at radius 1 is 0.962 bits per heavy atom. The van der Waals surface area contributed by atoms with Crippen molar-refractivity contribution in [1.82, 2.24) is 0 Å². The Morgan fingerprint density at radius 2 is 1.65 bits per heavy atom. The molecule has 0 heterocycles. The molecular formula is C19H14Cl2N2O3. The molecule has 0 radical (unpaired) electrons. The lowest BCUT2D eigenvalue weighted by Crippen LogP contribution is -2.04. The zero-order valence-electron chi connectivity index (χ0n) is 13.5. The number of nitro benzene ring substituents is 1. The highest BCUT2D eigenvalue weighted by atomic mass is 35.5. The third kappa shape index (κ3) is 4.25. The normalized spacial score (nSPS) is 10.4. The van der Waals surface area contributed by atoms with Gasteiger partial charge in [-0.05, 0) is 35.9 Å². The maximum absolute atomic E-state index is 11.3. The molecule has 132 valence electrons. The first-order valence-electron chi connectivity index (χ1n) is 7.72. The Bertz CT molecular complexity index is 916. The van der Waals surface area contributed by atoms with Gasteiger partial charge in [0.25, 0.3) is 5.69 Å². The zero-order chi connectivity index (χ0) is 18.5. The van der Waals surface area contributed by atoms with E-state index in [1.54, 1.807) is 24.3 Å². The van der Waals surface area contributed by atoms with Crippen LogP contribution in [-0.4, -0.2) is 4.92 Å². The van der Waals surface area contributed by atoms with Gasteiger partial charge in [-0.1, -0.05) is 53.5 Å². The van der Waals surface area contributed by atoms with Crippen molar-refractivity contribution in [3.05, 3.63) is 92.5 Å². The third-order valence-corrected chi connectivity index (χ3v) is 4.26. The summed E-state index contributed by atoms with van der Waals surface area (Å²) in [7, 11) is 0. The molecule has 0 aliphatic rings. The number of nitrogens with one attached hydrogen (secondary N) is 1. The molecule has 0 aliphatic heterocycles. The van der Waals surface area contributed by atoms with Gasteiger partial charge in [-0.3, -0.25) is 10.1 Å². The Kier molecular flexibility index (Phi) is 5.61. The van der Waals surface area contributed by atoms with Crippen LogP contribution in [0.4, 0.5) is 11.4 Å². The van der Waals surface area contributed by atoms with Gasteiger partial charge in [-0.2, -0.15) is 0 Å². The summed E-state index contributed by atoms with van der Waals surface area (Å²) >= 11 is 12.3. The third-order valence-electron chi connectivity index (χ3n) is 3.63.